The lowest BCUT2D eigenvalue weighted by molar-refractivity contribution is -0.170. The molecule has 8 atom stereocenters. The minimum atomic E-state index is -0.456. The number of ether oxygens (including phenoxy) is 3. The van der Waals surface area contributed by atoms with Crippen molar-refractivity contribution in [3.8, 4) is 0 Å². The maximum absolute atomic E-state index is 12.8. The largest absolute Gasteiger partial charge is 0.462 e. The van der Waals surface area contributed by atoms with E-state index in [2.05, 4.69) is 106 Å². The molecule has 0 N–H and O–H groups in total. The SMILES string of the molecule is CC/C=C\C/C=C\C/C=C\C/C=C\C/C=C\C/C=C\CCC(=O)O[C@H]1CC(=O)O[C@H](CC[C@@H]2[C@@H]3C(=C[C@H](C)C[C@@H]3OC(=O)[C@@H](C)CC)C=C[C@@H]2C)C1. The lowest BCUT2D eigenvalue weighted by Crippen LogP contribution is -2.42. The van der Waals surface area contributed by atoms with Crippen LogP contribution in [0.1, 0.15) is 125 Å². The number of allylic oxidation sites excluding steroid dienone is 15. The van der Waals surface area contributed by atoms with E-state index in [0.29, 0.717) is 31.1 Å². The molecule has 0 bridgehead atoms. The molecule has 6 nitrogen and oxygen atoms in total. The molecule has 0 aromatic carbocycles. The van der Waals surface area contributed by atoms with Gasteiger partial charge in [0.25, 0.3) is 0 Å². The first-order chi connectivity index (χ1) is 25.2. The van der Waals surface area contributed by atoms with Crippen LogP contribution in [0.3, 0.4) is 0 Å². The summed E-state index contributed by atoms with van der Waals surface area (Å²) in [5, 5.41) is 0. The summed E-state index contributed by atoms with van der Waals surface area (Å²) >= 11 is 0. The molecule has 0 radical (unpaired) electrons. The van der Waals surface area contributed by atoms with Gasteiger partial charge in [-0.15, -0.1) is 0 Å². The fraction of sp³-hybridized carbons (Fsp3) is 0.587. The third-order valence-electron chi connectivity index (χ3n) is 10.3. The molecule has 1 saturated heterocycles. The highest BCUT2D eigenvalue weighted by Gasteiger charge is 2.42. The van der Waals surface area contributed by atoms with Crippen LogP contribution in [0.25, 0.3) is 0 Å². The van der Waals surface area contributed by atoms with Crippen LogP contribution < -0.4 is 0 Å². The Morgan fingerprint density at radius 2 is 1.42 bits per heavy atom. The van der Waals surface area contributed by atoms with Crippen LogP contribution in [0, 0.1) is 29.6 Å². The Kier molecular flexibility index (Phi) is 20.2. The summed E-state index contributed by atoms with van der Waals surface area (Å²) in [4.78, 5) is 38.0. The van der Waals surface area contributed by atoms with Gasteiger partial charge in [-0.1, -0.05) is 126 Å². The second kappa shape index (κ2) is 24.5. The molecule has 0 unspecified atom stereocenters. The molecular formula is C46H66O6. The number of cyclic esters (lactones) is 1. The highest BCUT2D eigenvalue weighted by Crippen LogP contribution is 2.45. The van der Waals surface area contributed by atoms with Crippen LogP contribution in [0.4, 0.5) is 0 Å². The molecule has 0 aromatic heterocycles. The predicted molar refractivity (Wildman–Crippen MR) is 212 cm³/mol. The highest BCUT2D eigenvalue weighted by atomic mass is 16.6. The van der Waals surface area contributed by atoms with Crippen molar-refractivity contribution in [2.45, 2.75) is 143 Å². The molecule has 1 aliphatic heterocycles. The van der Waals surface area contributed by atoms with Crippen LogP contribution in [-0.2, 0) is 28.6 Å². The molecule has 286 valence electrons. The Morgan fingerprint density at radius 3 is 2.02 bits per heavy atom. The van der Waals surface area contributed by atoms with Crippen molar-refractivity contribution in [3.05, 3.63) is 96.7 Å². The van der Waals surface area contributed by atoms with Gasteiger partial charge in [-0.3, -0.25) is 14.4 Å². The Labute approximate surface area is 314 Å². The van der Waals surface area contributed by atoms with E-state index >= 15 is 0 Å². The molecule has 3 aliphatic rings. The van der Waals surface area contributed by atoms with E-state index < -0.39 is 6.10 Å². The molecule has 0 amide bonds. The second-order valence-electron chi connectivity index (χ2n) is 14.8. The zero-order valence-corrected chi connectivity index (χ0v) is 32.6. The fourth-order valence-electron chi connectivity index (χ4n) is 7.23. The standard InChI is InChI=1S/C46H66O6/c1-6-8-9-10-11-12-13-14-15-16-17-18-19-20-21-22-23-24-25-26-43(47)51-40-33-39(50-44(48)34-40)29-30-41-37(5)27-28-38-31-35(3)32-42(45(38)41)52-46(49)36(4)7-2/h8-9,11-12,14-15,17-18,20-21,23-24,27-28,31,35-37,39-42,45H,6-7,10,13,16,19,22,25-26,29-30,32-34H2,1-5H3/b9-8-,12-11-,15-14-,18-17-,21-20-,24-23-/t35-,36-,37-,39+,40+,41-,42-,45-/m0/s1. The van der Waals surface area contributed by atoms with Gasteiger partial charge in [0.15, 0.2) is 0 Å². The summed E-state index contributed by atoms with van der Waals surface area (Å²) in [7, 11) is 0. The Balaban J connectivity index is 1.35. The minimum absolute atomic E-state index is 0.103. The number of carbonyl (C=O) groups is 3. The first-order valence-corrected chi connectivity index (χ1v) is 20.1. The van der Waals surface area contributed by atoms with Gasteiger partial charge in [0.05, 0.1) is 12.3 Å². The molecular weight excluding hydrogens is 649 g/mol. The number of hydrogen-bond acceptors (Lipinski definition) is 6. The second-order valence-corrected chi connectivity index (χ2v) is 14.8. The summed E-state index contributed by atoms with van der Waals surface area (Å²) < 4.78 is 17.7. The normalized spacial score (nSPS) is 27.2. The molecule has 1 fully saturated rings. The topological polar surface area (TPSA) is 78.9 Å². The fourth-order valence-corrected chi connectivity index (χ4v) is 7.23. The van der Waals surface area contributed by atoms with Crippen LogP contribution in [0.2, 0.25) is 0 Å². The van der Waals surface area contributed by atoms with Crippen molar-refractivity contribution in [3.63, 3.8) is 0 Å². The van der Waals surface area contributed by atoms with Crippen molar-refractivity contribution in [2.24, 2.45) is 29.6 Å². The van der Waals surface area contributed by atoms with Crippen molar-refractivity contribution >= 4 is 17.9 Å². The third-order valence-corrected chi connectivity index (χ3v) is 10.3. The van der Waals surface area contributed by atoms with E-state index in [0.717, 1.165) is 57.8 Å². The van der Waals surface area contributed by atoms with Crippen LogP contribution in [0.15, 0.2) is 96.7 Å². The van der Waals surface area contributed by atoms with E-state index in [1.807, 2.05) is 19.9 Å². The summed E-state index contributed by atoms with van der Waals surface area (Å²) in [6.07, 6.45) is 42.2. The summed E-state index contributed by atoms with van der Waals surface area (Å²) in [5.41, 5.74) is 1.25. The van der Waals surface area contributed by atoms with Crippen molar-refractivity contribution < 1.29 is 28.6 Å². The highest BCUT2D eigenvalue weighted by molar-refractivity contribution is 5.73. The van der Waals surface area contributed by atoms with Gasteiger partial charge in [-0.05, 0) is 94.0 Å². The molecule has 2 aliphatic carbocycles. The van der Waals surface area contributed by atoms with Gasteiger partial charge in [-0.2, -0.15) is 0 Å². The van der Waals surface area contributed by atoms with E-state index in [1.54, 1.807) is 0 Å². The smallest absolute Gasteiger partial charge is 0.309 e. The average molecular weight is 715 g/mol. The molecule has 3 rings (SSSR count). The van der Waals surface area contributed by atoms with Crippen molar-refractivity contribution in [1.82, 2.24) is 0 Å². The molecule has 0 saturated carbocycles. The third kappa shape index (κ3) is 15.9. The maximum Gasteiger partial charge on any atom is 0.309 e. The van der Waals surface area contributed by atoms with Gasteiger partial charge in [-0.25, -0.2) is 0 Å². The lowest BCUT2D eigenvalue weighted by Gasteiger charge is -2.43. The van der Waals surface area contributed by atoms with Crippen molar-refractivity contribution in [1.29, 1.82) is 0 Å². The quantitative estimate of drug-likeness (QED) is 0.0669. The Bertz CT molecular complexity index is 1340. The van der Waals surface area contributed by atoms with Crippen LogP contribution >= 0.6 is 0 Å². The van der Waals surface area contributed by atoms with E-state index in [1.165, 1.54) is 5.57 Å². The number of esters is 3. The minimum Gasteiger partial charge on any atom is -0.462 e. The summed E-state index contributed by atoms with van der Waals surface area (Å²) in [6.45, 7) is 10.5. The van der Waals surface area contributed by atoms with E-state index in [9.17, 15) is 14.4 Å². The monoisotopic (exact) mass is 714 g/mol. The molecule has 52 heavy (non-hydrogen) atoms. The molecule has 6 heteroatoms. The number of carbonyl (C=O) groups excluding carboxylic acids is 3. The van der Waals surface area contributed by atoms with Gasteiger partial charge in [0.1, 0.15) is 18.3 Å². The molecule has 0 spiro atoms. The molecule has 0 aromatic rings. The summed E-state index contributed by atoms with van der Waals surface area (Å²) in [6, 6.07) is 0. The van der Waals surface area contributed by atoms with Crippen LogP contribution in [-0.4, -0.2) is 36.2 Å². The maximum atomic E-state index is 12.8. The zero-order chi connectivity index (χ0) is 37.6. The number of rotatable bonds is 21. The summed E-state index contributed by atoms with van der Waals surface area (Å²) in [5.74, 6) is 0.222. The lowest BCUT2D eigenvalue weighted by atomic mass is 9.65. The Morgan fingerprint density at radius 1 is 0.827 bits per heavy atom. The Hall–Kier alpha value is -3.67. The zero-order valence-electron chi connectivity index (χ0n) is 32.6. The number of hydrogen-bond donors (Lipinski definition) is 0. The predicted octanol–water partition coefficient (Wildman–Crippen LogP) is 11.2. The van der Waals surface area contributed by atoms with Gasteiger partial charge < -0.3 is 14.2 Å². The van der Waals surface area contributed by atoms with E-state index in [-0.39, 0.29) is 60.7 Å². The van der Waals surface area contributed by atoms with Crippen LogP contribution in [0.5, 0.6) is 0 Å². The number of fused-ring (bicyclic) bond motifs is 1. The van der Waals surface area contributed by atoms with Gasteiger partial charge >= 0.3 is 17.9 Å². The van der Waals surface area contributed by atoms with Gasteiger partial charge in [0, 0.05) is 18.8 Å². The average Bonchev–Trinajstić information content (AvgIpc) is 3.11. The molecule has 1 heterocycles. The van der Waals surface area contributed by atoms with Crippen molar-refractivity contribution in [2.75, 3.05) is 0 Å². The van der Waals surface area contributed by atoms with Gasteiger partial charge in [0.2, 0.25) is 0 Å². The first kappa shape index (κ1) is 42.7. The first-order valence-electron chi connectivity index (χ1n) is 20.1. The van der Waals surface area contributed by atoms with E-state index in [4.69, 9.17) is 14.2 Å².